The zero-order chi connectivity index (χ0) is 22.2. The summed E-state index contributed by atoms with van der Waals surface area (Å²) in [7, 11) is 3.33. The molecule has 5 rings (SSSR count). The lowest BCUT2D eigenvalue weighted by Crippen LogP contribution is -2.44. The summed E-state index contributed by atoms with van der Waals surface area (Å²) in [5.41, 5.74) is 3.69. The number of rotatable bonds is 4. The number of benzene rings is 3. The second-order valence-corrected chi connectivity index (χ2v) is 7.79. The van der Waals surface area contributed by atoms with E-state index >= 15 is 0 Å². The summed E-state index contributed by atoms with van der Waals surface area (Å²) in [4.78, 5) is 36.0. The lowest BCUT2D eigenvalue weighted by atomic mass is 9.79. The highest BCUT2D eigenvalue weighted by molar-refractivity contribution is 6.04. The Morgan fingerprint density at radius 3 is 2.50 bits per heavy atom. The molecule has 2 N–H and O–H groups in total. The monoisotopic (exact) mass is 426 g/mol. The summed E-state index contributed by atoms with van der Waals surface area (Å²) in [5.74, 6) is 0.116. The zero-order valence-electron chi connectivity index (χ0n) is 17.7. The van der Waals surface area contributed by atoms with Gasteiger partial charge in [0, 0.05) is 12.6 Å². The molecule has 0 fully saturated rings. The van der Waals surface area contributed by atoms with Crippen molar-refractivity contribution in [3.8, 4) is 5.75 Å². The third kappa shape index (κ3) is 3.28. The molecule has 2 unspecified atom stereocenters. The zero-order valence-corrected chi connectivity index (χ0v) is 17.7. The van der Waals surface area contributed by atoms with E-state index in [0.717, 1.165) is 16.6 Å². The summed E-state index contributed by atoms with van der Waals surface area (Å²) >= 11 is 0. The van der Waals surface area contributed by atoms with E-state index in [-0.39, 0.29) is 11.8 Å². The Morgan fingerprint density at radius 1 is 1.03 bits per heavy atom. The summed E-state index contributed by atoms with van der Waals surface area (Å²) < 4.78 is 5.27. The maximum atomic E-state index is 13.6. The van der Waals surface area contributed by atoms with Crippen molar-refractivity contribution in [3.63, 3.8) is 0 Å². The summed E-state index contributed by atoms with van der Waals surface area (Å²) in [6, 6.07) is 21.8. The molecule has 0 radical (unpaired) electrons. The fourth-order valence-electron chi connectivity index (χ4n) is 4.38. The minimum Gasteiger partial charge on any atom is -0.497 e. The van der Waals surface area contributed by atoms with E-state index < -0.39 is 12.0 Å². The van der Waals surface area contributed by atoms with E-state index in [4.69, 9.17) is 4.74 Å². The average molecular weight is 426 g/mol. The van der Waals surface area contributed by atoms with E-state index in [2.05, 4.69) is 15.3 Å². The standard InChI is InChI=1S/C25H22N4O3/c1-29-22(15-11-13-16(32-2)14-12-15)21(17-7-3-4-8-18(17)24(29)31)23(30)28-25-26-19-9-5-6-10-20(19)27-25/h3-14,21-22H,1-2H3,(H2,26,27,28,30). The highest BCUT2D eigenvalue weighted by Gasteiger charge is 2.42. The van der Waals surface area contributed by atoms with Crippen molar-refractivity contribution in [2.45, 2.75) is 12.0 Å². The molecule has 160 valence electrons. The predicted octanol–water partition coefficient (Wildman–Crippen LogP) is 4.12. The van der Waals surface area contributed by atoms with Crippen molar-refractivity contribution in [3.05, 3.63) is 89.5 Å². The number of carbonyl (C=O) groups is 2. The van der Waals surface area contributed by atoms with Gasteiger partial charge < -0.3 is 14.6 Å². The van der Waals surface area contributed by atoms with Gasteiger partial charge in [-0.25, -0.2) is 4.98 Å². The maximum Gasteiger partial charge on any atom is 0.254 e. The SMILES string of the molecule is COc1ccc(C2C(C(=O)Nc3nc4ccccc4[nH]3)c3ccccc3C(=O)N2C)cc1. The van der Waals surface area contributed by atoms with E-state index in [1.54, 1.807) is 25.1 Å². The molecule has 0 bridgehead atoms. The van der Waals surface area contributed by atoms with Gasteiger partial charge in [0.1, 0.15) is 5.75 Å². The van der Waals surface area contributed by atoms with Crippen LogP contribution in [0.1, 0.15) is 33.4 Å². The second kappa shape index (κ2) is 7.85. The highest BCUT2D eigenvalue weighted by atomic mass is 16.5. The molecule has 7 heteroatoms. The normalized spacial score (nSPS) is 17.8. The number of para-hydroxylation sites is 2. The molecule has 3 aromatic carbocycles. The van der Waals surface area contributed by atoms with E-state index in [0.29, 0.717) is 22.8 Å². The summed E-state index contributed by atoms with van der Waals surface area (Å²) in [6.07, 6.45) is 0. The number of carbonyl (C=O) groups excluding carboxylic acids is 2. The number of ether oxygens (including phenoxy) is 1. The third-order valence-electron chi connectivity index (χ3n) is 5.95. The first kappa shape index (κ1) is 19.8. The number of aromatic nitrogens is 2. The molecule has 0 saturated carbocycles. The smallest absolute Gasteiger partial charge is 0.254 e. The number of anilines is 1. The lowest BCUT2D eigenvalue weighted by molar-refractivity contribution is -0.119. The van der Waals surface area contributed by atoms with Crippen LogP contribution in [0.4, 0.5) is 5.95 Å². The van der Waals surface area contributed by atoms with Crippen LogP contribution in [0.2, 0.25) is 0 Å². The topological polar surface area (TPSA) is 87.3 Å². The quantitative estimate of drug-likeness (QED) is 0.514. The lowest BCUT2D eigenvalue weighted by Gasteiger charge is -2.39. The second-order valence-electron chi connectivity index (χ2n) is 7.79. The number of H-pyrrole nitrogens is 1. The molecule has 0 saturated heterocycles. The molecule has 1 aliphatic heterocycles. The van der Waals surface area contributed by atoms with Gasteiger partial charge in [-0.2, -0.15) is 0 Å². The van der Waals surface area contributed by atoms with Crippen LogP contribution in [0.15, 0.2) is 72.8 Å². The van der Waals surface area contributed by atoms with E-state index in [9.17, 15) is 9.59 Å². The van der Waals surface area contributed by atoms with Gasteiger partial charge in [-0.05, 0) is 41.5 Å². The van der Waals surface area contributed by atoms with Gasteiger partial charge in [-0.3, -0.25) is 14.9 Å². The Morgan fingerprint density at radius 2 is 1.75 bits per heavy atom. The molecular formula is C25H22N4O3. The molecule has 7 nitrogen and oxygen atoms in total. The van der Waals surface area contributed by atoms with Crippen LogP contribution in [0.5, 0.6) is 5.75 Å². The minimum absolute atomic E-state index is 0.116. The number of hydrogen-bond acceptors (Lipinski definition) is 4. The van der Waals surface area contributed by atoms with Crippen molar-refractivity contribution in [1.82, 2.24) is 14.9 Å². The highest BCUT2D eigenvalue weighted by Crippen LogP contribution is 2.42. The van der Waals surface area contributed by atoms with Crippen LogP contribution in [-0.2, 0) is 4.79 Å². The first-order valence-electron chi connectivity index (χ1n) is 10.3. The number of nitrogens with one attached hydrogen (secondary N) is 2. The summed E-state index contributed by atoms with van der Waals surface area (Å²) in [5, 5.41) is 2.93. The van der Waals surface area contributed by atoms with Crippen LogP contribution >= 0.6 is 0 Å². The minimum atomic E-state index is -0.615. The number of nitrogens with zero attached hydrogens (tertiary/aromatic N) is 2. The Labute approximate surface area is 185 Å². The number of fused-ring (bicyclic) bond motifs is 2. The van der Waals surface area contributed by atoms with Crippen molar-refractivity contribution >= 4 is 28.8 Å². The van der Waals surface area contributed by atoms with Crippen molar-refractivity contribution in [1.29, 1.82) is 0 Å². The first-order chi connectivity index (χ1) is 15.6. The van der Waals surface area contributed by atoms with Crippen molar-refractivity contribution in [2.24, 2.45) is 0 Å². The van der Waals surface area contributed by atoms with Crippen molar-refractivity contribution in [2.75, 3.05) is 19.5 Å². The number of aromatic amines is 1. The van der Waals surface area contributed by atoms with Crippen molar-refractivity contribution < 1.29 is 14.3 Å². The van der Waals surface area contributed by atoms with E-state index in [1.165, 1.54) is 0 Å². The average Bonchev–Trinajstić information content (AvgIpc) is 3.23. The molecule has 0 aliphatic carbocycles. The maximum absolute atomic E-state index is 13.6. The van der Waals surface area contributed by atoms with Gasteiger partial charge in [0.15, 0.2) is 0 Å². The molecule has 1 aromatic heterocycles. The fraction of sp³-hybridized carbons (Fsp3) is 0.160. The molecule has 32 heavy (non-hydrogen) atoms. The van der Waals surface area contributed by atoms with Gasteiger partial charge in [0.2, 0.25) is 11.9 Å². The van der Waals surface area contributed by atoms with Gasteiger partial charge in [0.25, 0.3) is 5.91 Å². The van der Waals surface area contributed by atoms with Crippen LogP contribution in [0.25, 0.3) is 11.0 Å². The molecular weight excluding hydrogens is 404 g/mol. The van der Waals surface area contributed by atoms with Gasteiger partial charge >= 0.3 is 0 Å². The number of hydrogen-bond donors (Lipinski definition) is 2. The van der Waals surface area contributed by atoms with Gasteiger partial charge in [-0.15, -0.1) is 0 Å². The van der Waals surface area contributed by atoms with Gasteiger partial charge in [-0.1, -0.05) is 42.5 Å². The Kier molecular flexibility index (Phi) is 4.86. The molecule has 1 aliphatic rings. The Balaban J connectivity index is 1.57. The summed E-state index contributed by atoms with van der Waals surface area (Å²) in [6.45, 7) is 0. The predicted molar refractivity (Wildman–Crippen MR) is 122 cm³/mol. The fourth-order valence-corrected chi connectivity index (χ4v) is 4.38. The van der Waals surface area contributed by atoms with Crippen LogP contribution in [0.3, 0.4) is 0 Å². The first-order valence-corrected chi connectivity index (χ1v) is 10.3. The molecule has 0 spiro atoms. The molecule has 4 aromatic rings. The largest absolute Gasteiger partial charge is 0.497 e. The Hall–Kier alpha value is -4.13. The molecule has 2 amide bonds. The van der Waals surface area contributed by atoms with Gasteiger partial charge in [0.05, 0.1) is 30.1 Å². The number of amides is 2. The Bertz CT molecular complexity index is 1280. The molecule has 2 atom stereocenters. The van der Waals surface area contributed by atoms with Crippen LogP contribution in [0, 0.1) is 0 Å². The number of likely N-dealkylation sites (N-methyl/N-ethyl adjacent to an activating group) is 1. The number of methoxy groups -OCH3 is 1. The number of imidazole rings is 1. The third-order valence-corrected chi connectivity index (χ3v) is 5.95. The van der Waals surface area contributed by atoms with Crippen LogP contribution < -0.4 is 10.1 Å². The molecule has 2 heterocycles. The van der Waals surface area contributed by atoms with E-state index in [1.807, 2.05) is 66.7 Å². The van der Waals surface area contributed by atoms with Crippen LogP contribution in [-0.4, -0.2) is 40.8 Å².